The molecular formula is C28H27Cl2N5O2. The smallest absolute Gasteiger partial charge is 0.315 e. The van der Waals surface area contributed by atoms with Gasteiger partial charge >= 0.3 is 6.03 Å². The van der Waals surface area contributed by atoms with Gasteiger partial charge < -0.3 is 15.5 Å². The maximum Gasteiger partial charge on any atom is 0.322 e. The molecule has 0 aliphatic carbocycles. The van der Waals surface area contributed by atoms with Crippen LogP contribution in [0.25, 0.3) is 16.8 Å². The molecule has 4 rings (SSSR count). The highest BCUT2D eigenvalue weighted by atomic mass is 35.5. The van der Waals surface area contributed by atoms with E-state index in [9.17, 15) is 9.59 Å². The summed E-state index contributed by atoms with van der Waals surface area (Å²) < 4.78 is 1.74. The summed E-state index contributed by atoms with van der Waals surface area (Å²) in [6, 6.07) is 22.1. The zero-order valence-corrected chi connectivity index (χ0v) is 22.3. The second-order valence-corrected chi connectivity index (χ2v) is 9.25. The van der Waals surface area contributed by atoms with Gasteiger partial charge in [0, 0.05) is 12.1 Å². The molecule has 3 aromatic carbocycles. The number of para-hydroxylation sites is 1. The van der Waals surface area contributed by atoms with E-state index in [0.29, 0.717) is 23.1 Å². The Morgan fingerprint density at radius 2 is 1.62 bits per heavy atom. The third kappa shape index (κ3) is 5.79. The number of benzene rings is 3. The lowest BCUT2D eigenvalue weighted by molar-refractivity contribution is -0.116. The van der Waals surface area contributed by atoms with Crippen molar-refractivity contribution in [2.24, 2.45) is 0 Å². The number of carbonyl (C=O) groups is 2. The van der Waals surface area contributed by atoms with Gasteiger partial charge in [0.25, 0.3) is 0 Å². The van der Waals surface area contributed by atoms with Crippen molar-refractivity contribution in [3.8, 4) is 16.8 Å². The molecule has 0 aliphatic heterocycles. The van der Waals surface area contributed by atoms with Crippen LogP contribution in [0.5, 0.6) is 0 Å². The number of likely N-dealkylation sites (N-methyl/N-ethyl adjacent to an activating group) is 1. The maximum absolute atomic E-state index is 13.3. The highest BCUT2D eigenvalue weighted by Crippen LogP contribution is 2.34. The standard InChI is InChI=1S/C28H27Cl2N5O2/c1-4-34(28(37)31-22-15-10-14-21(29)26(22)30)17-24(36)32-27-25(20-12-6-5-7-13-20)19(3)33-35(27)23-16-9-8-11-18(23)2/h5-16H,4,17H2,1-3H3,(H,31,37)(H,32,36). The molecule has 4 aromatic rings. The van der Waals surface area contributed by atoms with Gasteiger partial charge in [0.1, 0.15) is 12.4 Å². The van der Waals surface area contributed by atoms with Gasteiger partial charge in [0.05, 0.1) is 27.1 Å². The van der Waals surface area contributed by atoms with Crippen LogP contribution in [-0.2, 0) is 4.79 Å². The maximum atomic E-state index is 13.3. The molecule has 0 atom stereocenters. The average Bonchev–Trinajstić information content (AvgIpc) is 3.21. The Labute approximate surface area is 226 Å². The van der Waals surface area contributed by atoms with E-state index in [1.165, 1.54) is 4.90 Å². The number of hydrogen-bond donors (Lipinski definition) is 2. The fourth-order valence-electron chi connectivity index (χ4n) is 4.04. The predicted octanol–water partition coefficient (Wildman–Crippen LogP) is 6.96. The van der Waals surface area contributed by atoms with Crippen LogP contribution in [0.1, 0.15) is 18.2 Å². The SMILES string of the molecule is CCN(CC(=O)Nc1c(-c2ccccc2)c(C)nn1-c1ccccc1C)C(=O)Nc1cccc(Cl)c1Cl. The van der Waals surface area contributed by atoms with E-state index in [4.69, 9.17) is 28.3 Å². The number of aryl methyl sites for hydroxylation is 2. The highest BCUT2D eigenvalue weighted by Gasteiger charge is 2.23. The van der Waals surface area contributed by atoms with E-state index in [1.807, 2.05) is 68.4 Å². The fraction of sp³-hybridized carbons (Fsp3) is 0.179. The zero-order chi connectivity index (χ0) is 26.5. The van der Waals surface area contributed by atoms with Crippen molar-refractivity contribution in [1.82, 2.24) is 14.7 Å². The van der Waals surface area contributed by atoms with Gasteiger partial charge in [-0.1, -0.05) is 77.8 Å². The lowest BCUT2D eigenvalue weighted by Crippen LogP contribution is -2.40. The summed E-state index contributed by atoms with van der Waals surface area (Å²) in [5.74, 6) is 0.179. The number of rotatable bonds is 7. The van der Waals surface area contributed by atoms with Crippen LogP contribution in [0, 0.1) is 13.8 Å². The topological polar surface area (TPSA) is 79.3 Å². The molecule has 0 saturated heterocycles. The second kappa shape index (κ2) is 11.5. The molecule has 0 unspecified atom stereocenters. The highest BCUT2D eigenvalue weighted by molar-refractivity contribution is 6.44. The number of urea groups is 1. The number of carbonyl (C=O) groups excluding carboxylic acids is 2. The molecule has 1 aromatic heterocycles. The van der Waals surface area contributed by atoms with E-state index in [1.54, 1.807) is 29.8 Å². The van der Waals surface area contributed by atoms with Crippen molar-refractivity contribution < 1.29 is 9.59 Å². The van der Waals surface area contributed by atoms with Crippen LogP contribution in [-0.4, -0.2) is 39.7 Å². The molecule has 0 saturated carbocycles. The summed E-state index contributed by atoms with van der Waals surface area (Å²) in [6.45, 7) is 5.83. The number of hydrogen-bond acceptors (Lipinski definition) is 3. The summed E-state index contributed by atoms with van der Waals surface area (Å²) in [7, 11) is 0. The van der Waals surface area contributed by atoms with E-state index in [2.05, 4.69) is 10.6 Å². The molecular weight excluding hydrogens is 509 g/mol. The van der Waals surface area contributed by atoms with Gasteiger partial charge in [-0.2, -0.15) is 5.10 Å². The van der Waals surface area contributed by atoms with Crippen LogP contribution >= 0.6 is 23.2 Å². The zero-order valence-electron chi connectivity index (χ0n) is 20.8. The van der Waals surface area contributed by atoms with Crippen molar-refractivity contribution in [3.05, 3.63) is 94.1 Å². The fourth-order valence-corrected chi connectivity index (χ4v) is 4.38. The van der Waals surface area contributed by atoms with Gasteiger partial charge in [0.2, 0.25) is 5.91 Å². The van der Waals surface area contributed by atoms with Gasteiger partial charge in [-0.05, 0) is 50.1 Å². The van der Waals surface area contributed by atoms with Gasteiger partial charge in [-0.25, -0.2) is 9.48 Å². The van der Waals surface area contributed by atoms with Crippen LogP contribution < -0.4 is 10.6 Å². The summed E-state index contributed by atoms with van der Waals surface area (Å²) >= 11 is 12.3. The lowest BCUT2D eigenvalue weighted by atomic mass is 10.1. The van der Waals surface area contributed by atoms with Crippen LogP contribution in [0.2, 0.25) is 10.0 Å². The number of nitrogens with zero attached hydrogens (tertiary/aromatic N) is 3. The first kappa shape index (κ1) is 26.3. The van der Waals surface area contributed by atoms with Gasteiger partial charge in [0.15, 0.2) is 0 Å². The number of aromatic nitrogens is 2. The first-order chi connectivity index (χ1) is 17.8. The summed E-state index contributed by atoms with van der Waals surface area (Å²) in [6.07, 6.45) is 0. The van der Waals surface area contributed by atoms with Gasteiger partial charge in [-0.3, -0.25) is 4.79 Å². The minimum absolute atomic E-state index is 0.174. The Kier molecular flexibility index (Phi) is 8.16. The Morgan fingerprint density at radius 1 is 0.919 bits per heavy atom. The van der Waals surface area contributed by atoms with Crippen LogP contribution in [0.4, 0.5) is 16.3 Å². The first-order valence-corrected chi connectivity index (χ1v) is 12.6. The normalized spacial score (nSPS) is 10.7. The lowest BCUT2D eigenvalue weighted by Gasteiger charge is -2.22. The molecule has 2 N–H and O–H groups in total. The van der Waals surface area contributed by atoms with E-state index in [-0.39, 0.29) is 17.5 Å². The number of halogens is 2. The van der Waals surface area contributed by atoms with Crippen molar-refractivity contribution in [1.29, 1.82) is 0 Å². The monoisotopic (exact) mass is 535 g/mol. The summed E-state index contributed by atoms with van der Waals surface area (Å²) in [4.78, 5) is 27.6. The second-order valence-electron chi connectivity index (χ2n) is 8.47. The average molecular weight is 536 g/mol. The molecule has 0 aliphatic rings. The molecule has 0 radical (unpaired) electrons. The van der Waals surface area contributed by atoms with Crippen LogP contribution in [0.15, 0.2) is 72.8 Å². The van der Waals surface area contributed by atoms with Crippen molar-refractivity contribution in [2.45, 2.75) is 20.8 Å². The molecule has 190 valence electrons. The molecule has 1 heterocycles. The van der Waals surface area contributed by atoms with E-state index < -0.39 is 6.03 Å². The minimum Gasteiger partial charge on any atom is -0.315 e. The number of nitrogens with one attached hydrogen (secondary N) is 2. The predicted molar refractivity (Wildman–Crippen MR) is 150 cm³/mol. The molecule has 0 bridgehead atoms. The van der Waals surface area contributed by atoms with Crippen molar-refractivity contribution in [3.63, 3.8) is 0 Å². The first-order valence-electron chi connectivity index (χ1n) is 11.8. The Balaban J connectivity index is 1.63. The Morgan fingerprint density at radius 3 is 2.32 bits per heavy atom. The van der Waals surface area contributed by atoms with E-state index in [0.717, 1.165) is 28.1 Å². The molecule has 3 amide bonds. The van der Waals surface area contributed by atoms with Crippen LogP contribution in [0.3, 0.4) is 0 Å². The molecule has 9 heteroatoms. The van der Waals surface area contributed by atoms with Crippen molar-refractivity contribution in [2.75, 3.05) is 23.7 Å². The quantitative estimate of drug-likeness (QED) is 0.268. The Bertz CT molecular complexity index is 1440. The van der Waals surface area contributed by atoms with Crippen molar-refractivity contribution >= 4 is 46.6 Å². The third-order valence-corrected chi connectivity index (χ3v) is 6.74. The number of anilines is 2. The molecule has 0 fully saturated rings. The summed E-state index contributed by atoms with van der Waals surface area (Å²) in [5.41, 5.74) is 4.74. The minimum atomic E-state index is -0.464. The van der Waals surface area contributed by atoms with E-state index >= 15 is 0 Å². The number of amides is 3. The van der Waals surface area contributed by atoms with Gasteiger partial charge in [-0.15, -0.1) is 0 Å². The Hall–Kier alpha value is -3.81. The third-order valence-electron chi connectivity index (χ3n) is 5.92. The molecule has 7 nitrogen and oxygen atoms in total. The molecule has 37 heavy (non-hydrogen) atoms. The summed E-state index contributed by atoms with van der Waals surface area (Å²) in [5, 5.41) is 11.1. The largest absolute Gasteiger partial charge is 0.322 e. The molecule has 0 spiro atoms.